The molecule has 2 rings (SSSR count). The third kappa shape index (κ3) is 3.09. The molecular formula is C14H19BrN2O2. The first kappa shape index (κ1) is 14.3. The second-order valence-electron chi connectivity index (χ2n) is 4.89. The zero-order valence-electron chi connectivity index (χ0n) is 11.3. The molecule has 104 valence electrons. The molecule has 1 saturated heterocycles. The van der Waals surface area contributed by atoms with Crippen LogP contribution in [0.25, 0.3) is 0 Å². The molecule has 0 radical (unpaired) electrons. The topological polar surface area (TPSA) is 43.8 Å². The zero-order valence-corrected chi connectivity index (χ0v) is 12.9. The molecule has 1 atom stereocenters. The van der Waals surface area contributed by atoms with Gasteiger partial charge in [0.25, 0.3) is 0 Å². The minimum Gasteiger partial charge on any atom is -0.478 e. The lowest BCUT2D eigenvalue weighted by Crippen LogP contribution is -2.51. The molecule has 1 aliphatic rings. The van der Waals surface area contributed by atoms with Crippen molar-refractivity contribution in [1.82, 2.24) is 4.90 Å². The van der Waals surface area contributed by atoms with Crippen LogP contribution in [0.15, 0.2) is 22.7 Å². The summed E-state index contributed by atoms with van der Waals surface area (Å²) in [5, 5.41) is 9.03. The van der Waals surface area contributed by atoms with E-state index in [4.69, 9.17) is 5.11 Å². The van der Waals surface area contributed by atoms with Crippen molar-refractivity contribution in [2.75, 3.05) is 31.1 Å². The van der Waals surface area contributed by atoms with Crippen LogP contribution >= 0.6 is 15.9 Å². The number of halogens is 1. The van der Waals surface area contributed by atoms with Gasteiger partial charge in [-0.1, -0.05) is 6.92 Å². The number of benzene rings is 1. The number of hydrogen-bond donors (Lipinski definition) is 1. The molecule has 0 saturated carbocycles. The smallest absolute Gasteiger partial charge is 0.336 e. The van der Waals surface area contributed by atoms with E-state index >= 15 is 0 Å². The molecule has 1 N–H and O–H groups in total. The molecule has 0 spiro atoms. The van der Waals surface area contributed by atoms with Crippen molar-refractivity contribution in [2.45, 2.75) is 19.9 Å². The van der Waals surface area contributed by atoms with Gasteiger partial charge < -0.3 is 10.0 Å². The molecule has 1 fully saturated rings. The fraction of sp³-hybridized carbons (Fsp3) is 0.500. The van der Waals surface area contributed by atoms with Crippen LogP contribution in [-0.4, -0.2) is 48.2 Å². The Morgan fingerprint density at radius 2 is 2.21 bits per heavy atom. The van der Waals surface area contributed by atoms with Crippen LogP contribution in [0.5, 0.6) is 0 Å². The first-order chi connectivity index (χ1) is 9.02. The Morgan fingerprint density at radius 3 is 2.74 bits per heavy atom. The van der Waals surface area contributed by atoms with Crippen molar-refractivity contribution in [3.63, 3.8) is 0 Å². The standard InChI is InChI=1S/C14H19BrN2O2/c1-3-16-6-7-17(9-10(16)2)11-4-5-12(14(18)19)13(15)8-11/h4-5,8,10H,3,6-7,9H2,1-2H3,(H,18,19). The Hall–Kier alpha value is -1.07. The molecule has 1 unspecified atom stereocenters. The molecule has 0 aromatic heterocycles. The highest BCUT2D eigenvalue weighted by Gasteiger charge is 2.23. The minimum atomic E-state index is -0.900. The Bertz CT molecular complexity index is 479. The lowest BCUT2D eigenvalue weighted by Gasteiger charge is -2.40. The Kier molecular flexibility index (Phi) is 4.47. The van der Waals surface area contributed by atoms with Gasteiger partial charge in [-0.3, -0.25) is 4.90 Å². The van der Waals surface area contributed by atoms with E-state index in [-0.39, 0.29) is 0 Å². The lowest BCUT2D eigenvalue weighted by atomic mass is 10.1. The third-order valence-electron chi connectivity index (χ3n) is 3.72. The predicted molar refractivity (Wildman–Crippen MR) is 80.0 cm³/mol. The van der Waals surface area contributed by atoms with Crippen LogP contribution in [0.3, 0.4) is 0 Å². The highest BCUT2D eigenvalue weighted by Crippen LogP contribution is 2.26. The minimum absolute atomic E-state index is 0.309. The number of nitrogens with zero attached hydrogens (tertiary/aromatic N) is 2. The number of carbonyl (C=O) groups is 1. The van der Waals surface area contributed by atoms with Crippen LogP contribution in [0, 0.1) is 0 Å². The van der Waals surface area contributed by atoms with Gasteiger partial charge in [-0.25, -0.2) is 4.79 Å². The number of carboxylic acid groups (broad SMARTS) is 1. The monoisotopic (exact) mass is 326 g/mol. The number of carboxylic acids is 1. The number of piperazine rings is 1. The molecule has 1 aromatic carbocycles. The molecule has 0 bridgehead atoms. The van der Waals surface area contributed by atoms with Crippen molar-refractivity contribution in [1.29, 1.82) is 0 Å². The van der Waals surface area contributed by atoms with E-state index in [1.165, 1.54) is 0 Å². The van der Waals surface area contributed by atoms with E-state index in [1.54, 1.807) is 6.07 Å². The van der Waals surface area contributed by atoms with Gasteiger partial charge in [0.2, 0.25) is 0 Å². The first-order valence-electron chi connectivity index (χ1n) is 6.54. The lowest BCUT2D eigenvalue weighted by molar-refractivity contribution is 0.0696. The molecule has 19 heavy (non-hydrogen) atoms. The Labute approximate surface area is 122 Å². The van der Waals surface area contributed by atoms with Gasteiger partial charge in [0.15, 0.2) is 0 Å². The van der Waals surface area contributed by atoms with Crippen LogP contribution in [-0.2, 0) is 0 Å². The summed E-state index contributed by atoms with van der Waals surface area (Å²) in [6.07, 6.45) is 0. The number of likely N-dealkylation sites (N-methyl/N-ethyl adjacent to an activating group) is 1. The van der Waals surface area contributed by atoms with Gasteiger partial charge in [0.1, 0.15) is 0 Å². The highest BCUT2D eigenvalue weighted by atomic mass is 79.9. The summed E-state index contributed by atoms with van der Waals surface area (Å²) >= 11 is 3.34. The van der Waals surface area contributed by atoms with Crippen LogP contribution in [0.4, 0.5) is 5.69 Å². The normalized spacial score (nSPS) is 20.6. The summed E-state index contributed by atoms with van der Waals surface area (Å²) < 4.78 is 0.642. The Morgan fingerprint density at radius 1 is 1.47 bits per heavy atom. The van der Waals surface area contributed by atoms with Gasteiger partial charge in [0.05, 0.1) is 5.56 Å². The SMILES string of the molecule is CCN1CCN(c2ccc(C(=O)O)c(Br)c2)CC1C. The van der Waals surface area contributed by atoms with E-state index in [1.807, 2.05) is 12.1 Å². The van der Waals surface area contributed by atoms with E-state index in [0.717, 1.165) is 31.9 Å². The van der Waals surface area contributed by atoms with Gasteiger partial charge >= 0.3 is 5.97 Å². The molecule has 4 nitrogen and oxygen atoms in total. The van der Waals surface area contributed by atoms with E-state index < -0.39 is 5.97 Å². The summed E-state index contributed by atoms with van der Waals surface area (Å²) in [7, 11) is 0. The number of aromatic carboxylic acids is 1. The first-order valence-corrected chi connectivity index (χ1v) is 7.34. The van der Waals surface area contributed by atoms with Crippen molar-refractivity contribution in [2.24, 2.45) is 0 Å². The van der Waals surface area contributed by atoms with Gasteiger partial charge in [0, 0.05) is 35.8 Å². The van der Waals surface area contributed by atoms with Crippen molar-refractivity contribution >= 4 is 27.6 Å². The summed E-state index contributed by atoms with van der Waals surface area (Å²) in [5.41, 5.74) is 1.39. The summed E-state index contributed by atoms with van der Waals surface area (Å²) in [6.45, 7) is 8.51. The number of rotatable bonds is 3. The summed E-state index contributed by atoms with van der Waals surface area (Å²) in [6, 6.07) is 5.98. The molecule has 0 amide bonds. The molecular weight excluding hydrogens is 308 g/mol. The highest BCUT2D eigenvalue weighted by molar-refractivity contribution is 9.10. The molecule has 1 aliphatic heterocycles. The van der Waals surface area contributed by atoms with Crippen molar-refractivity contribution in [3.8, 4) is 0 Å². The van der Waals surface area contributed by atoms with Crippen molar-refractivity contribution in [3.05, 3.63) is 28.2 Å². The zero-order chi connectivity index (χ0) is 14.0. The second kappa shape index (κ2) is 5.92. The molecule has 1 aromatic rings. The quantitative estimate of drug-likeness (QED) is 0.927. The fourth-order valence-electron chi connectivity index (χ4n) is 2.57. The molecule has 1 heterocycles. The second-order valence-corrected chi connectivity index (χ2v) is 5.75. The average molecular weight is 327 g/mol. The number of hydrogen-bond acceptors (Lipinski definition) is 3. The van der Waals surface area contributed by atoms with Crippen LogP contribution < -0.4 is 4.90 Å². The maximum absolute atomic E-state index is 11.0. The summed E-state index contributed by atoms with van der Waals surface area (Å²) in [4.78, 5) is 15.8. The van der Waals surface area contributed by atoms with Gasteiger partial charge in [-0.05, 0) is 47.6 Å². The summed E-state index contributed by atoms with van der Waals surface area (Å²) in [5.74, 6) is -0.900. The Balaban J connectivity index is 2.15. The molecule has 0 aliphatic carbocycles. The molecule has 5 heteroatoms. The van der Waals surface area contributed by atoms with Crippen molar-refractivity contribution < 1.29 is 9.90 Å². The largest absolute Gasteiger partial charge is 0.478 e. The van der Waals surface area contributed by atoms with E-state index in [2.05, 4.69) is 39.6 Å². The van der Waals surface area contributed by atoms with Crippen LogP contribution in [0.2, 0.25) is 0 Å². The fourth-order valence-corrected chi connectivity index (χ4v) is 3.11. The average Bonchev–Trinajstić information content (AvgIpc) is 2.38. The maximum Gasteiger partial charge on any atom is 0.336 e. The van der Waals surface area contributed by atoms with Gasteiger partial charge in [-0.2, -0.15) is 0 Å². The van der Waals surface area contributed by atoms with E-state index in [0.29, 0.717) is 16.1 Å². The van der Waals surface area contributed by atoms with Crippen LogP contribution in [0.1, 0.15) is 24.2 Å². The maximum atomic E-state index is 11.0. The van der Waals surface area contributed by atoms with Gasteiger partial charge in [-0.15, -0.1) is 0 Å². The van der Waals surface area contributed by atoms with E-state index in [9.17, 15) is 4.79 Å². The number of anilines is 1. The predicted octanol–water partition coefficient (Wildman–Crippen LogP) is 2.68. The third-order valence-corrected chi connectivity index (χ3v) is 4.38.